The van der Waals surface area contributed by atoms with Crippen LogP contribution in [0.2, 0.25) is 10.0 Å². The normalized spacial score (nSPS) is 10.7. The molecule has 0 atom stereocenters. The van der Waals surface area contributed by atoms with Crippen molar-refractivity contribution >= 4 is 46.1 Å². The summed E-state index contributed by atoms with van der Waals surface area (Å²) in [4.78, 5) is 17.2. The van der Waals surface area contributed by atoms with Crippen LogP contribution in [-0.4, -0.2) is 16.0 Å². The topological polar surface area (TPSA) is 68.0 Å². The fraction of sp³-hybridized carbons (Fsp3) is 0.133. The minimum atomic E-state index is -0.226. The Kier molecular flexibility index (Phi) is 4.95. The number of halogens is 2. The van der Waals surface area contributed by atoms with Crippen molar-refractivity contribution in [3.05, 3.63) is 51.6 Å². The fourth-order valence-electron chi connectivity index (χ4n) is 1.90. The lowest BCUT2D eigenvalue weighted by molar-refractivity contribution is -0.116. The molecule has 5 nitrogen and oxygen atoms in total. The number of aryl methyl sites for hydroxylation is 1. The molecule has 23 heavy (non-hydrogen) atoms. The van der Waals surface area contributed by atoms with Crippen molar-refractivity contribution in [1.82, 2.24) is 10.1 Å². The number of thiophene rings is 1. The Morgan fingerprint density at radius 2 is 2.00 bits per heavy atom. The summed E-state index contributed by atoms with van der Waals surface area (Å²) < 4.78 is 5.15. The number of nitrogens with zero attached hydrogens (tertiary/aromatic N) is 2. The maximum Gasteiger partial charge on any atom is 0.227 e. The second-order valence-electron chi connectivity index (χ2n) is 4.63. The van der Waals surface area contributed by atoms with Crippen LogP contribution in [0.25, 0.3) is 10.7 Å². The highest BCUT2D eigenvalue weighted by molar-refractivity contribution is 7.13. The van der Waals surface area contributed by atoms with Gasteiger partial charge in [0.1, 0.15) is 0 Å². The second kappa shape index (κ2) is 7.12. The molecule has 1 aromatic carbocycles. The quantitative estimate of drug-likeness (QED) is 0.710. The summed E-state index contributed by atoms with van der Waals surface area (Å²) >= 11 is 13.5. The fourth-order valence-corrected chi connectivity index (χ4v) is 3.04. The minimum absolute atomic E-state index is 0.188. The van der Waals surface area contributed by atoms with Gasteiger partial charge in [-0.05, 0) is 23.6 Å². The average Bonchev–Trinajstić information content (AvgIpc) is 3.19. The minimum Gasteiger partial charge on any atom is -0.339 e. The van der Waals surface area contributed by atoms with Crippen molar-refractivity contribution in [2.45, 2.75) is 12.8 Å². The van der Waals surface area contributed by atoms with Crippen LogP contribution >= 0.6 is 34.5 Å². The molecule has 0 aliphatic heterocycles. The van der Waals surface area contributed by atoms with Gasteiger partial charge in [-0.15, -0.1) is 11.3 Å². The molecule has 0 aliphatic carbocycles. The number of rotatable bonds is 5. The van der Waals surface area contributed by atoms with Gasteiger partial charge in [-0.25, -0.2) is 0 Å². The summed E-state index contributed by atoms with van der Waals surface area (Å²) in [6.45, 7) is 0. The monoisotopic (exact) mass is 367 g/mol. The summed E-state index contributed by atoms with van der Waals surface area (Å²) in [5, 5.41) is 9.31. The molecule has 8 heteroatoms. The highest BCUT2D eigenvalue weighted by Crippen LogP contribution is 2.30. The lowest BCUT2D eigenvalue weighted by Gasteiger charge is -2.08. The van der Waals surface area contributed by atoms with Crippen LogP contribution in [-0.2, 0) is 11.2 Å². The molecule has 0 unspecified atom stereocenters. The number of amides is 1. The van der Waals surface area contributed by atoms with Crippen molar-refractivity contribution in [3.8, 4) is 10.7 Å². The van der Waals surface area contributed by atoms with Crippen molar-refractivity contribution in [1.29, 1.82) is 0 Å². The maximum atomic E-state index is 12.0. The van der Waals surface area contributed by atoms with Gasteiger partial charge in [0.05, 0.1) is 20.6 Å². The third kappa shape index (κ3) is 3.90. The second-order valence-corrected chi connectivity index (χ2v) is 6.40. The smallest absolute Gasteiger partial charge is 0.227 e. The highest BCUT2D eigenvalue weighted by atomic mass is 35.5. The van der Waals surface area contributed by atoms with E-state index in [0.29, 0.717) is 33.9 Å². The Labute approximate surface area is 146 Å². The summed E-state index contributed by atoms with van der Waals surface area (Å²) in [5.74, 6) is 0.717. The zero-order chi connectivity index (χ0) is 16.2. The number of anilines is 1. The molecule has 0 fully saturated rings. The van der Waals surface area contributed by atoms with E-state index < -0.39 is 0 Å². The predicted octanol–water partition coefficient (Wildman–Crippen LogP) is 4.68. The molecular weight excluding hydrogens is 357 g/mol. The molecule has 1 N–H and O–H groups in total. The van der Waals surface area contributed by atoms with Crippen molar-refractivity contribution < 1.29 is 9.32 Å². The lowest BCUT2D eigenvalue weighted by Crippen LogP contribution is -2.13. The molecule has 1 amide bonds. The average molecular weight is 368 g/mol. The Morgan fingerprint density at radius 3 is 2.70 bits per heavy atom. The van der Waals surface area contributed by atoms with E-state index in [4.69, 9.17) is 27.7 Å². The Balaban J connectivity index is 1.59. The van der Waals surface area contributed by atoms with Crippen LogP contribution < -0.4 is 5.32 Å². The summed E-state index contributed by atoms with van der Waals surface area (Å²) in [6.07, 6.45) is 0.528. The number of carbonyl (C=O) groups excluding carboxylic acids is 1. The number of carbonyl (C=O) groups is 1. The summed E-state index contributed by atoms with van der Waals surface area (Å²) in [5.41, 5.74) is 0.408. The molecular formula is C15H11Cl2N3O2S. The largest absolute Gasteiger partial charge is 0.339 e. The van der Waals surface area contributed by atoms with E-state index in [1.54, 1.807) is 18.2 Å². The van der Waals surface area contributed by atoms with Gasteiger partial charge >= 0.3 is 0 Å². The Morgan fingerprint density at radius 1 is 1.22 bits per heavy atom. The Hall–Kier alpha value is -1.89. The first-order valence-electron chi connectivity index (χ1n) is 6.74. The molecule has 0 radical (unpaired) electrons. The Bertz CT molecular complexity index is 798. The van der Waals surface area contributed by atoms with Gasteiger partial charge in [-0.1, -0.05) is 40.5 Å². The van der Waals surface area contributed by atoms with Crippen LogP contribution in [0.15, 0.2) is 40.2 Å². The van der Waals surface area contributed by atoms with Gasteiger partial charge < -0.3 is 9.84 Å². The molecule has 0 bridgehead atoms. The number of para-hydroxylation sites is 1. The molecule has 0 saturated heterocycles. The number of hydrogen-bond acceptors (Lipinski definition) is 5. The molecule has 118 valence electrons. The number of nitrogens with one attached hydrogen (secondary N) is 1. The third-order valence-corrected chi connectivity index (χ3v) is 4.50. The third-order valence-electron chi connectivity index (χ3n) is 3.00. The first-order valence-corrected chi connectivity index (χ1v) is 8.37. The molecule has 0 aliphatic rings. The van der Waals surface area contributed by atoms with Crippen molar-refractivity contribution in [3.63, 3.8) is 0 Å². The van der Waals surface area contributed by atoms with Gasteiger partial charge in [-0.3, -0.25) is 4.79 Å². The van der Waals surface area contributed by atoms with Gasteiger partial charge in [-0.2, -0.15) is 4.98 Å². The SMILES string of the molecule is O=C(CCc1nc(-c2cccs2)no1)Nc1c(Cl)cccc1Cl. The van der Waals surface area contributed by atoms with E-state index in [1.165, 1.54) is 11.3 Å². The first-order chi connectivity index (χ1) is 11.1. The van der Waals surface area contributed by atoms with Crippen LogP contribution in [0, 0.1) is 0 Å². The van der Waals surface area contributed by atoms with E-state index in [1.807, 2.05) is 17.5 Å². The molecule has 3 rings (SSSR count). The molecule has 0 spiro atoms. The number of hydrogen-bond donors (Lipinski definition) is 1. The van der Waals surface area contributed by atoms with Crippen LogP contribution in [0.1, 0.15) is 12.3 Å². The van der Waals surface area contributed by atoms with Gasteiger partial charge in [0.25, 0.3) is 0 Å². The zero-order valence-corrected chi connectivity index (χ0v) is 14.1. The van der Waals surface area contributed by atoms with E-state index in [0.717, 1.165) is 4.88 Å². The molecule has 2 heterocycles. The van der Waals surface area contributed by atoms with E-state index in [-0.39, 0.29) is 12.3 Å². The maximum absolute atomic E-state index is 12.0. The van der Waals surface area contributed by atoms with Crippen molar-refractivity contribution in [2.24, 2.45) is 0 Å². The van der Waals surface area contributed by atoms with Crippen LogP contribution in [0.3, 0.4) is 0 Å². The first kappa shape index (κ1) is 16.0. The molecule has 2 aromatic heterocycles. The summed E-state index contributed by atoms with van der Waals surface area (Å²) in [7, 11) is 0. The van der Waals surface area contributed by atoms with E-state index in [2.05, 4.69) is 15.5 Å². The standard InChI is InChI=1S/C15H11Cl2N3O2S/c16-9-3-1-4-10(17)14(9)18-12(21)6-7-13-19-15(20-22-13)11-5-2-8-23-11/h1-5,8H,6-7H2,(H,18,21). The van der Waals surface area contributed by atoms with Gasteiger partial charge in [0.2, 0.25) is 17.6 Å². The van der Waals surface area contributed by atoms with Crippen LogP contribution in [0.4, 0.5) is 5.69 Å². The van der Waals surface area contributed by atoms with E-state index in [9.17, 15) is 4.79 Å². The zero-order valence-electron chi connectivity index (χ0n) is 11.8. The summed E-state index contributed by atoms with van der Waals surface area (Å²) in [6, 6.07) is 8.86. The predicted molar refractivity (Wildman–Crippen MR) is 91.0 cm³/mol. The number of benzene rings is 1. The van der Waals surface area contributed by atoms with Gasteiger partial charge in [0.15, 0.2) is 0 Å². The van der Waals surface area contributed by atoms with E-state index >= 15 is 0 Å². The lowest BCUT2D eigenvalue weighted by atomic mass is 10.2. The number of aromatic nitrogens is 2. The molecule has 3 aromatic rings. The highest BCUT2D eigenvalue weighted by Gasteiger charge is 2.13. The van der Waals surface area contributed by atoms with Crippen LogP contribution in [0.5, 0.6) is 0 Å². The molecule has 0 saturated carbocycles. The van der Waals surface area contributed by atoms with Gasteiger partial charge in [0, 0.05) is 12.8 Å². The van der Waals surface area contributed by atoms with Crippen molar-refractivity contribution in [2.75, 3.05) is 5.32 Å².